The largest absolute Gasteiger partial charge is 0.508 e. The molecule has 3 N–H and O–H groups in total. The van der Waals surface area contributed by atoms with E-state index in [4.69, 9.17) is 33.4 Å². The zero-order valence-electron chi connectivity index (χ0n) is 22.2. The van der Waals surface area contributed by atoms with Crippen molar-refractivity contribution in [1.29, 1.82) is 5.41 Å². The SMILES string of the molecule is CCCCOC(=O)OCCOP(=O)(NC(=N)N(C)C(CCCC)C(=O)O)OCCOC(=O)OCCCC. The van der Waals surface area contributed by atoms with Crippen molar-refractivity contribution >= 4 is 32.0 Å². The third-order valence-electron chi connectivity index (χ3n) is 4.74. The van der Waals surface area contributed by atoms with Gasteiger partial charge in [-0.15, -0.1) is 0 Å². The van der Waals surface area contributed by atoms with Crippen molar-refractivity contribution in [3.63, 3.8) is 0 Å². The molecule has 0 bridgehead atoms. The third-order valence-corrected chi connectivity index (χ3v) is 6.27. The van der Waals surface area contributed by atoms with Crippen LogP contribution in [0.1, 0.15) is 65.7 Å². The molecule has 1 unspecified atom stereocenters. The summed E-state index contributed by atoms with van der Waals surface area (Å²) in [6.07, 6.45) is 2.83. The van der Waals surface area contributed by atoms with Crippen LogP contribution in [-0.4, -0.2) is 87.0 Å². The Bertz CT molecular complexity index is 705. The lowest BCUT2D eigenvalue weighted by molar-refractivity contribution is -0.141. The number of guanidine groups is 1. The zero-order valence-corrected chi connectivity index (χ0v) is 23.1. The highest BCUT2D eigenvalue weighted by Gasteiger charge is 2.31. The summed E-state index contributed by atoms with van der Waals surface area (Å²) >= 11 is 0. The Hall–Kier alpha value is -2.57. The Balaban J connectivity index is 5.02. The maximum absolute atomic E-state index is 13.2. The first kappa shape index (κ1) is 34.4. The first-order valence-corrected chi connectivity index (χ1v) is 13.9. The predicted molar refractivity (Wildman–Crippen MR) is 134 cm³/mol. The van der Waals surface area contributed by atoms with E-state index in [0.29, 0.717) is 19.3 Å². The third kappa shape index (κ3) is 16.7. The molecule has 37 heavy (non-hydrogen) atoms. The Labute approximate surface area is 218 Å². The molecule has 0 spiro atoms. The van der Waals surface area contributed by atoms with Crippen LogP contribution in [0.15, 0.2) is 0 Å². The molecule has 14 nitrogen and oxygen atoms in total. The highest BCUT2D eigenvalue weighted by molar-refractivity contribution is 7.52. The number of carboxylic acids is 1. The number of nitrogens with zero attached hydrogens (tertiary/aromatic N) is 1. The average Bonchev–Trinajstić information content (AvgIpc) is 2.85. The van der Waals surface area contributed by atoms with Crippen LogP contribution >= 0.6 is 7.75 Å². The maximum atomic E-state index is 13.2. The number of carbonyl (C=O) groups excluding carboxylic acids is 2. The number of aliphatic carboxylic acids is 1. The molecule has 1 atom stereocenters. The molecule has 15 heteroatoms. The van der Waals surface area contributed by atoms with Gasteiger partial charge in [0, 0.05) is 7.05 Å². The highest BCUT2D eigenvalue weighted by Crippen LogP contribution is 2.43. The fraction of sp³-hybridized carbons (Fsp3) is 0.818. The van der Waals surface area contributed by atoms with Gasteiger partial charge in [0.1, 0.15) is 19.3 Å². The lowest BCUT2D eigenvalue weighted by atomic mass is 10.1. The molecule has 0 amide bonds. The fourth-order valence-corrected chi connectivity index (χ4v) is 3.84. The molecule has 0 aromatic carbocycles. The molecule has 0 aromatic heterocycles. The van der Waals surface area contributed by atoms with Crippen LogP contribution in [0.4, 0.5) is 9.59 Å². The average molecular weight is 556 g/mol. The summed E-state index contributed by atoms with van der Waals surface area (Å²) in [5, 5.41) is 20.0. The zero-order chi connectivity index (χ0) is 28.1. The molecule has 0 saturated carbocycles. The number of carboxylic acid groups (broad SMARTS) is 1. The van der Waals surface area contributed by atoms with E-state index in [9.17, 15) is 24.1 Å². The van der Waals surface area contributed by atoms with E-state index in [1.165, 1.54) is 7.05 Å². The fourth-order valence-electron chi connectivity index (χ4n) is 2.59. The topological polar surface area (TPSA) is 183 Å². The number of likely N-dealkylation sites (N-methyl/N-ethyl adjacent to an activating group) is 1. The van der Waals surface area contributed by atoms with Crippen LogP contribution in [0.5, 0.6) is 0 Å². The first-order valence-electron chi connectivity index (χ1n) is 12.4. The molecular weight excluding hydrogens is 513 g/mol. The minimum atomic E-state index is -4.27. The quantitative estimate of drug-likeness (QED) is 0.0641. The van der Waals surface area contributed by atoms with E-state index < -0.39 is 38.0 Å². The molecule has 216 valence electrons. The number of hydrogen-bond acceptors (Lipinski definition) is 11. The molecule has 0 heterocycles. The van der Waals surface area contributed by atoms with Gasteiger partial charge in [0.2, 0.25) is 5.96 Å². The van der Waals surface area contributed by atoms with Gasteiger partial charge in [-0.25, -0.2) is 18.9 Å². The number of nitrogens with one attached hydrogen (secondary N) is 2. The second kappa shape index (κ2) is 20.5. The van der Waals surface area contributed by atoms with Crippen molar-refractivity contribution < 1.29 is 52.1 Å². The summed E-state index contributed by atoms with van der Waals surface area (Å²) in [6.45, 7) is 4.76. The van der Waals surface area contributed by atoms with Gasteiger partial charge in [0.25, 0.3) is 0 Å². The summed E-state index contributed by atoms with van der Waals surface area (Å²) in [5.41, 5.74) is 0. The van der Waals surface area contributed by atoms with Crippen molar-refractivity contribution in [1.82, 2.24) is 9.99 Å². The van der Waals surface area contributed by atoms with Gasteiger partial charge in [-0.05, 0) is 19.3 Å². The molecule has 0 aliphatic heterocycles. The van der Waals surface area contributed by atoms with E-state index in [-0.39, 0.29) is 46.1 Å². The lowest BCUT2D eigenvalue weighted by Gasteiger charge is -2.29. The summed E-state index contributed by atoms with van der Waals surface area (Å²) in [7, 11) is -2.91. The van der Waals surface area contributed by atoms with E-state index in [0.717, 1.165) is 24.2 Å². The van der Waals surface area contributed by atoms with Gasteiger partial charge in [-0.3, -0.25) is 19.5 Å². The normalized spacial score (nSPS) is 11.8. The maximum Gasteiger partial charge on any atom is 0.508 e. The minimum Gasteiger partial charge on any atom is -0.480 e. The number of ether oxygens (including phenoxy) is 4. The Morgan fingerprint density at radius 1 is 0.811 bits per heavy atom. The van der Waals surface area contributed by atoms with Crippen LogP contribution in [0.25, 0.3) is 0 Å². The molecule has 0 aliphatic carbocycles. The van der Waals surface area contributed by atoms with Crippen molar-refractivity contribution in [2.75, 3.05) is 46.7 Å². The van der Waals surface area contributed by atoms with Crippen molar-refractivity contribution in [2.45, 2.75) is 71.8 Å². The molecular formula is C22H42N3O11P. The summed E-state index contributed by atoms with van der Waals surface area (Å²) in [4.78, 5) is 35.8. The molecule has 0 aliphatic rings. The van der Waals surface area contributed by atoms with Crippen LogP contribution in [0, 0.1) is 5.41 Å². The van der Waals surface area contributed by atoms with E-state index in [2.05, 4.69) is 5.09 Å². The van der Waals surface area contributed by atoms with Gasteiger partial charge in [-0.2, -0.15) is 0 Å². The molecule has 0 aromatic rings. The number of carbonyl (C=O) groups is 3. The van der Waals surface area contributed by atoms with E-state index >= 15 is 0 Å². The number of hydrogen-bond donors (Lipinski definition) is 3. The van der Waals surface area contributed by atoms with Crippen molar-refractivity contribution in [3.8, 4) is 0 Å². The van der Waals surface area contributed by atoms with Crippen LogP contribution < -0.4 is 5.09 Å². The standard InChI is InChI=1S/C22H42N3O11P/c1-5-8-11-18(19(26)27)25(4)20(23)24-37(30,35-16-14-33-21(28)31-12-9-6-2)36-17-15-34-22(29)32-13-10-7-3/h18H,5-17H2,1-4H3,(H,26,27)(H2,23,24,30). The van der Waals surface area contributed by atoms with Crippen LogP contribution in [-0.2, 0) is 37.4 Å². The van der Waals surface area contributed by atoms with Crippen molar-refractivity contribution in [2.24, 2.45) is 0 Å². The van der Waals surface area contributed by atoms with Gasteiger partial charge >= 0.3 is 26.0 Å². The summed E-state index contributed by atoms with van der Waals surface area (Å²) in [6, 6.07) is -1.05. The molecule has 0 rings (SSSR count). The number of rotatable bonds is 20. The lowest BCUT2D eigenvalue weighted by Crippen LogP contribution is -2.47. The summed E-state index contributed by atoms with van der Waals surface area (Å²) < 4.78 is 43.1. The van der Waals surface area contributed by atoms with Gasteiger partial charge in [-0.1, -0.05) is 46.5 Å². The highest BCUT2D eigenvalue weighted by atomic mass is 31.2. The van der Waals surface area contributed by atoms with Crippen LogP contribution in [0.2, 0.25) is 0 Å². The Morgan fingerprint density at radius 2 is 1.24 bits per heavy atom. The predicted octanol–water partition coefficient (Wildman–Crippen LogP) is 4.13. The molecule has 0 fully saturated rings. The second-order valence-electron chi connectivity index (χ2n) is 7.83. The van der Waals surface area contributed by atoms with Crippen LogP contribution in [0.3, 0.4) is 0 Å². The Morgan fingerprint density at radius 3 is 1.65 bits per heavy atom. The van der Waals surface area contributed by atoms with E-state index in [1.807, 2.05) is 20.8 Å². The van der Waals surface area contributed by atoms with E-state index in [1.54, 1.807) is 0 Å². The monoisotopic (exact) mass is 555 g/mol. The molecule has 0 saturated heterocycles. The van der Waals surface area contributed by atoms with Crippen molar-refractivity contribution in [3.05, 3.63) is 0 Å². The second-order valence-corrected chi connectivity index (χ2v) is 9.57. The van der Waals surface area contributed by atoms with Gasteiger partial charge in [0.05, 0.1) is 26.4 Å². The van der Waals surface area contributed by atoms with Gasteiger partial charge in [0.15, 0.2) is 0 Å². The summed E-state index contributed by atoms with van der Waals surface area (Å²) in [5.74, 6) is -1.67. The number of unbranched alkanes of at least 4 members (excludes halogenated alkanes) is 3. The van der Waals surface area contributed by atoms with Gasteiger partial charge < -0.3 is 29.0 Å². The Kier molecular flexibility index (Phi) is 19.1. The molecule has 0 radical (unpaired) electrons. The first-order chi connectivity index (χ1) is 17.6. The smallest absolute Gasteiger partial charge is 0.480 e. The minimum absolute atomic E-state index is 0.201.